The summed E-state index contributed by atoms with van der Waals surface area (Å²) in [5.41, 5.74) is -0.108. The Bertz CT molecular complexity index is 433. The molecule has 2 rings (SSSR count). The van der Waals surface area contributed by atoms with Crippen molar-refractivity contribution in [3.63, 3.8) is 0 Å². The molecule has 0 unspecified atom stereocenters. The molecule has 0 radical (unpaired) electrons. The number of rotatable bonds is 3. The monoisotopic (exact) mass is 222 g/mol. The van der Waals surface area contributed by atoms with Crippen LogP contribution < -0.4 is 5.32 Å². The van der Waals surface area contributed by atoms with Crippen molar-refractivity contribution in [2.75, 3.05) is 11.9 Å². The third-order valence-electron chi connectivity index (χ3n) is 3.10. The van der Waals surface area contributed by atoms with Gasteiger partial charge in [0.1, 0.15) is 11.6 Å². The molecule has 2 nitrogen and oxygen atoms in total. The SMILES string of the molecule is N#CC1(CNc2ccc(F)cc2F)CCC1. The summed E-state index contributed by atoms with van der Waals surface area (Å²) in [6.45, 7) is 0.423. The molecule has 16 heavy (non-hydrogen) atoms. The van der Waals surface area contributed by atoms with Gasteiger partial charge < -0.3 is 5.32 Å². The summed E-state index contributed by atoms with van der Waals surface area (Å²) >= 11 is 0. The van der Waals surface area contributed by atoms with Gasteiger partial charge in [-0.05, 0) is 25.0 Å². The molecular formula is C12H12F2N2. The fourth-order valence-electron chi connectivity index (χ4n) is 1.83. The van der Waals surface area contributed by atoms with E-state index in [2.05, 4.69) is 11.4 Å². The van der Waals surface area contributed by atoms with E-state index < -0.39 is 11.6 Å². The standard InChI is InChI=1S/C12H12F2N2/c13-9-2-3-11(10(14)6-9)16-8-12(7-15)4-1-5-12/h2-3,6,16H,1,4-5,8H2. The van der Waals surface area contributed by atoms with Crippen LogP contribution in [0.5, 0.6) is 0 Å². The molecule has 0 heterocycles. The van der Waals surface area contributed by atoms with Gasteiger partial charge in [0, 0.05) is 12.6 Å². The average Bonchev–Trinajstić information content (AvgIpc) is 2.19. The number of hydrogen-bond donors (Lipinski definition) is 1. The van der Waals surface area contributed by atoms with Gasteiger partial charge in [-0.25, -0.2) is 8.78 Å². The predicted molar refractivity (Wildman–Crippen MR) is 56.7 cm³/mol. The molecule has 1 aliphatic rings. The van der Waals surface area contributed by atoms with Crippen molar-refractivity contribution in [3.05, 3.63) is 29.8 Å². The lowest BCUT2D eigenvalue weighted by molar-refractivity contribution is 0.233. The Morgan fingerprint density at radius 1 is 1.38 bits per heavy atom. The van der Waals surface area contributed by atoms with Crippen molar-refractivity contribution in [3.8, 4) is 6.07 Å². The van der Waals surface area contributed by atoms with Crippen molar-refractivity contribution in [2.24, 2.45) is 5.41 Å². The van der Waals surface area contributed by atoms with Crippen molar-refractivity contribution < 1.29 is 8.78 Å². The highest BCUT2D eigenvalue weighted by atomic mass is 19.1. The molecule has 84 valence electrons. The number of nitrogens with one attached hydrogen (secondary N) is 1. The summed E-state index contributed by atoms with van der Waals surface area (Å²) in [6, 6.07) is 5.65. The lowest BCUT2D eigenvalue weighted by Gasteiger charge is -2.35. The highest BCUT2D eigenvalue weighted by molar-refractivity contribution is 5.45. The number of benzene rings is 1. The van der Waals surface area contributed by atoms with E-state index in [0.717, 1.165) is 25.3 Å². The number of hydrogen-bond acceptors (Lipinski definition) is 2. The molecule has 1 aliphatic carbocycles. The van der Waals surface area contributed by atoms with E-state index in [1.165, 1.54) is 12.1 Å². The van der Waals surface area contributed by atoms with Crippen LogP contribution in [-0.2, 0) is 0 Å². The van der Waals surface area contributed by atoms with Crippen molar-refractivity contribution in [2.45, 2.75) is 19.3 Å². The van der Waals surface area contributed by atoms with Crippen LogP contribution in [0.25, 0.3) is 0 Å². The summed E-state index contributed by atoms with van der Waals surface area (Å²) < 4.78 is 25.9. The van der Waals surface area contributed by atoms with E-state index in [1.54, 1.807) is 0 Å². The van der Waals surface area contributed by atoms with Crippen LogP contribution in [0.3, 0.4) is 0 Å². The molecule has 1 aromatic carbocycles. The van der Waals surface area contributed by atoms with Gasteiger partial charge in [-0.15, -0.1) is 0 Å². The molecule has 0 amide bonds. The summed E-state index contributed by atoms with van der Waals surface area (Å²) in [4.78, 5) is 0. The molecule has 1 aromatic rings. The van der Waals surface area contributed by atoms with E-state index in [9.17, 15) is 8.78 Å². The second kappa shape index (κ2) is 4.09. The second-order valence-corrected chi connectivity index (χ2v) is 4.22. The Hall–Kier alpha value is -1.63. The quantitative estimate of drug-likeness (QED) is 0.853. The largest absolute Gasteiger partial charge is 0.381 e. The highest BCUT2D eigenvalue weighted by Gasteiger charge is 2.36. The van der Waals surface area contributed by atoms with E-state index in [0.29, 0.717) is 6.54 Å². The second-order valence-electron chi connectivity index (χ2n) is 4.22. The zero-order valence-corrected chi connectivity index (χ0v) is 8.76. The van der Waals surface area contributed by atoms with Crippen LogP contribution in [0.15, 0.2) is 18.2 Å². The molecule has 1 saturated carbocycles. The maximum Gasteiger partial charge on any atom is 0.149 e. The first-order chi connectivity index (χ1) is 7.65. The van der Waals surface area contributed by atoms with Gasteiger partial charge in [-0.2, -0.15) is 5.26 Å². The predicted octanol–water partition coefficient (Wildman–Crippen LogP) is 3.07. The first kappa shape index (κ1) is 10.9. The first-order valence-electron chi connectivity index (χ1n) is 5.25. The molecular weight excluding hydrogens is 210 g/mol. The van der Waals surface area contributed by atoms with Crippen LogP contribution in [-0.4, -0.2) is 6.54 Å². The fourth-order valence-corrected chi connectivity index (χ4v) is 1.83. The van der Waals surface area contributed by atoms with Gasteiger partial charge in [-0.3, -0.25) is 0 Å². The zero-order valence-electron chi connectivity index (χ0n) is 8.76. The van der Waals surface area contributed by atoms with Crippen LogP contribution in [0.1, 0.15) is 19.3 Å². The summed E-state index contributed by atoms with van der Waals surface area (Å²) in [7, 11) is 0. The first-order valence-corrected chi connectivity index (χ1v) is 5.25. The maximum absolute atomic E-state index is 13.3. The smallest absolute Gasteiger partial charge is 0.149 e. The van der Waals surface area contributed by atoms with Gasteiger partial charge in [-0.1, -0.05) is 6.42 Å². The van der Waals surface area contributed by atoms with E-state index in [-0.39, 0.29) is 11.1 Å². The van der Waals surface area contributed by atoms with Crippen molar-refractivity contribution >= 4 is 5.69 Å². The van der Waals surface area contributed by atoms with E-state index >= 15 is 0 Å². The molecule has 0 aromatic heterocycles. The minimum absolute atomic E-state index is 0.253. The van der Waals surface area contributed by atoms with Crippen molar-refractivity contribution in [1.82, 2.24) is 0 Å². The number of halogens is 2. The molecule has 1 fully saturated rings. The zero-order chi connectivity index (χ0) is 11.6. The lowest BCUT2D eigenvalue weighted by atomic mass is 9.70. The van der Waals surface area contributed by atoms with Crippen LogP contribution in [0.4, 0.5) is 14.5 Å². The molecule has 0 aliphatic heterocycles. The number of nitrogens with zero attached hydrogens (tertiary/aromatic N) is 1. The number of anilines is 1. The topological polar surface area (TPSA) is 35.8 Å². The summed E-state index contributed by atoms with van der Waals surface area (Å²) in [6.07, 6.45) is 2.74. The van der Waals surface area contributed by atoms with Gasteiger partial charge in [0.05, 0.1) is 17.2 Å². The average molecular weight is 222 g/mol. The molecule has 0 bridgehead atoms. The Labute approximate surface area is 92.9 Å². The Kier molecular flexibility index (Phi) is 2.78. The Balaban J connectivity index is 2.02. The third kappa shape index (κ3) is 1.99. The normalized spacial score (nSPS) is 17.3. The van der Waals surface area contributed by atoms with Gasteiger partial charge in [0.2, 0.25) is 0 Å². The Morgan fingerprint density at radius 2 is 2.12 bits per heavy atom. The lowest BCUT2D eigenvalue weighted by Crippen LogP contribution is -2.35. The third-order valence-corrected chi connectivity index (χ3v) is 3.10. The highest BCUT2D eigenvalue weighted by Crippen LogP contribution is 2.40. The van der Waals surface area contributed by atoms with Crippen LogP contribution >= 0.6 is 0 Å². The Morgan fingerprint density at radius 3 is 2.62 bits per heavy atom. The number of nitriles is 1. The van der Waals surface area contributed by atoms with E-state index in [4.69, 9.17) is 5.26 Å². The molecule has 4 heteroatoms. The van der Waals surface area contributed by atoms with Crippen LogP contribution in [0.2, 0.25) is 0 Å². The minimum Gasteiger partial charge on any atom is -0.381 e. The molecule has 1 N–H and O–H groups in total. The van der Waals surface area contributed by atoms with Gasteiger partial charge >= 0.3 is 0 Å². The van der Waals surface area contributed by atoms with Crippen molar-refractivity contribution in [1.29, 1.82) is 5.26 Å². The van der Waals surface area contributed by atoms with E-state index in [1.807, 2.05) is 0 Å². The summed E-state index contributed by atoms with van der Waals surface area (Å²) in [5, 5.41) is 11.9. The maximum atomic E-state index is 13.3. The van der Waals surface area contributed by atoms with Crippen LogP contribution in [0, 0.1) is 28.4 Å². The minimum atomic E-state index is -0.618. The van der Waals surface area contributed by atoms with Gasteiger partial charge in [0.25, 0.3) is 0 Å². The molecule has 0 atom stereocenters. The van der Waals surface area contributed by atoms with Gasteiger partial charge in [0.15, 0.2) is 0 Å². The molecule has 0 saturated heterocycles. The molecule has 0 spiro atoms. The fraction of sp³-hybridized carbons (Fsp3) is 0.417. The summed E-state index contributed by atoms with van der Waals surface area (Å²) in [5.74, 6) is -1.21.